The van der Waals surface area contributed by atoms with Gasteiger partial charge in [0.15, 0.2) is 5.03 Å². The number of sulfonamides is 1. The minimum atomic E-state index is -3.90. The third-order valence-electron chi connectivity index (χ3n) is 2.58. The first-order valence-corrected chi connectivity index (χ1v) is 6.95. The van der Waals surface area contributed by atoms with Crippen LogP contribution < -0.4 is 4.72 Å². The molecule has 0 aliphatic carbocycles. The molecule has 0 spiro atoms. The number of hydrogen-bond donors (Lipinski definition) is 2. The number of aryl methyl sites for hydroxylation is 1. The fourth-order valence-corrected chi connectivity index (χ4v) is 3.30. The summed E-state index contributed by atoms with van der Waals surface area (Å²) in [7, 11) is -2.46. The Morgan fingerprint density at radius 1 is 1.56 bits per heavy atom. The van der Waals surface area contributed by atoms with Gasteiger partial charge in [-0.05, 0) is 6.92 Å². The second kappa shape index (κ2) is 5.25. The summed E-state index contributed by atoms with van der Waals surface area (Å²) in [6.07, 6.45) is 1.21. The van der Waals surface area contributed by atoms with Crippen molar-refractivity contribution in [3.8, 4) is 0 Å². The Morgan fingerprint density at radius 2 is 2.11 bits per heavy atom. The van der Waals surface area contributed by atoms with E-state index >= 15 is 0 Å². The van der Waals surface area contributed by atoms with E-state index in [1.54, 1.807) is 0 Å². The number of halogens is 1. The van der Waals surface area contributed by atoms with Crippen LogP contribution in [0.5, 0.6) is 0 Å². The smallest absolute Gasteiger partial charge is 0.307 e. The minimum absolute atomic E-state index is 0.0137. The van der Waals surface area contributed by atoms with Crippen LogP contribution >= 0.6 is 11.6 Å². The summed E-state index contributed by atoms with van der Waals surface area (Å²) < 4.78 is 27.4. The highest BCUT2D eigenvalue weighted by atomic mass is 35.5. The fourth-order valence-electron chi connectivity index (χ4n) is 1.32. The molecule has 1 heterocycles. The molecule has 0 radical (unpaired) electrons. The van der Waals surface area contributed by atoms with Crippen molar-refractivity contribution in [2.45, 2.75) is 24.9 Å². The lowest BCUT2D eigenvalue weighted by atomic mass is 10.1. The van der Waals surface area contributed by atoms with Gasteiger partial charge in [0, 0.05) is 13.1 Å². The van der Waals surface area contributed by atoms with Crippen molar-refractivity contribution >= 4 is 27.6 Å². The van der Waals surface area contributed by atoms with Gasteiger partial charge < -0.3 is 5.11 Å². The monoisotopic (exact) mass is 295 g/mol. The number of aliphatic carboxylic acids is 1. The van der Waals surface area contributed by atoms with E-state index in [1.165, 1.54) is 27.1 Å². The highest BCUT2D eigenvalue weighted by Gasteiger charge is 2.28. The maximum absolute atomic E-state index is 12.0. The summed E-state index contributed by atoms with van der Waals surface area (Å²) >= 11 is 5.74. The highest BCUT2D eigenvalue weighted by molar-refractivity contribution is 7.89. The van der Waals surface area contributed by atoms with Crippen molar-refractivity contribution in [3.05, 3.63) is 11.2 Å². The first kappa shape index (κ1) is 14.9. The Labute approximate surface area is 110 Å². The fraction of sp³-hybridized carbons (Fsp3) is 0.556. The van der Waals surface area contributed by atoms with Crippen LogP contribution in [0.15, 0.2) is 11.2 Å². The molecule has 2 N–H and O–H groups in total. The topological polar surface area (TPSA) is 101 Å². The van der Waals surface area contributed by atoms with Gasteiger partial charge in [0.1, 0.15) is 0 Å². The van der Waals surface area contributed by atoms with E-state index in [2.05, 4.69) is 9.82 Å². The SMILES string of the molecule is CC(NS(=O)(=O)c1c(Cl)cnn1C)C(C)C(=O)O. The van der Waals surface area contributed by atoms with Gasteiger partial charge in [-0.2, -0.15) is 5.10 Å². The Hall–Kier alpha value is -1.12. The average Bonchev–Trinajstić information content (AvgIpc) is 2.56. The molecule has 0 saturated heterocycles. The molecule has 0 bridgehead atoms. The van der Waals surface area contributed by atoms with E-state index in [1.807, 2.05) is 0 Å². The Morgan fingerprint density at radius 3 is 2.50 bits per heavy atom. The minimum Gasteiger partial charge on any atom is -0.481 e. The molecule has 1 rings (SSSR count). The summed E-state index contributed by atoms with van der Waals surface area (Å²) in [5.41, 5.74) is 0. The number of carboxylic acid groups (broad SMARTS) is 1. The van der Waals surface area contributed by atoms with Crippen LogP contribution in [0.1, 0.15) is 13.8 Å². The molecule has 2 atom stereocenters. The van der Waals surface area contributed by atoms with Gasteiger partial charge in [-0.3, -0.25) is 9.48 Å². The molecule has 0 amide bonds. The lowest BCUT2D eigenvalue weighted by Gasteiger charge is -2.17. The van der Waals surface area contributed by atoms with Crippen molar-refractivity contribution in [1.82, 2.24) is 14.5 Å². The van der Waals surface area contributed by atoms with Crippen LogP contribution in [-0.4, -0.2) is 35.3 Å². The van der Waals surface area contributed by atoms with Crippen LogP contribution in [0.2, 0.25) is 5.02 Å². The van der Waals surface area contributed by atoms with Gasteiger partial charge in [0.2, 0.25) is 0 Å². The highest BCUT2D eigenvalue weighted by Crippen LogP contribution is 2.20. The Bertz CT molecular complexity index is 535. The van der Waals surface area contributed by atoms with Gasteiger partial charge in [-0.1, -0.05) is 18.5 Å². The molecule has 0 aliphatic rings. The Balaban J connectivity index is 3.00. The zero-order valence-corrected chi connectivity index (χ0v) is 11.7. The predicted octanol–water partition coefficient (Wildman–Crippen LogP) is 0.461. The molecule has 9 heteroatoms. The standard InChI is InChI=1S/C9H14ClN3O4S/c1-5(9(14)15)6(2)12-18(16,17)8-7(10)4-11-13(8)3/h4-6,12H,1-3H3,(H,14,15). The molecule has 0 aromatic carbocycles. The van der Waals surface area contributed by atoms with Gasteiger partial charge in [-0.25, -0.2) is 13.1 Å². The molecule has 18 heavy (non-hydrogen) atoms. The second-order valence-corrected chi connectivity index (χ2v) is 5.99. The molecule has 102 valence electrons. The maximum Gasteiger partial charge on any atom is 0.307 e. The maximum atomic E-state index is 12.0. The number of nitrogens with one attached hydrogen (secondary N) is 1. The van der Waals surface area contributed by atoms with Crippen LogP contribution in [0.25, 0.3) is 0 Å². The van der Waals surface area contributed by atoms with E-state index < -0.39 is 28.0 Å². The largest absolute Gasteiger partial charge is 0.481 e. The third kappa shape index (κ3) is 3.01. The van der Waals surface area contributed by atoms with Crippen LogP contribution in [0.4, 0.5) is 0 Å². The molecule has 0 aliphatic heterocycles. The van der Waals surface area contributed by atoms with E-state index in [0.29, 0.717) is 0 Å². The number of hydrogen-bond acceptors (Lipinski definition) is 4. The first-order valence-electron chi connectivity index (χ1n) is 5.09. The molecule has 1 aromatic heterocycles. The zero-order valence-electron chi connectivity index (χ0n) is 10.1. The van der Waals surface area contributed by atoms with Crippen molar-refractivity contribution in [1.29, 1.82) is 0 Å². The van der Waals surface area contributed by atoms with Gasteiger partial charge in [-0.15, -0.1) is 0 Å². The van der Waals surface area contributed by atoms with Crippen LogP contribution in [-0.2, 0) is 21.9 Å². The number of nitrogens with zero attached hydrogens (tertiary/aromatic N) is 2. The molecular weight excluding hydrogens is 282 g/mol. The van der Waals surface area contributed by atoms with E-state index in [9.17, 15) is 13.2 Å². The van der Waals surface area contributed by atoms with Crippen LogP contribution in [0.3, 0.4) is 0 Å². The first-order chi connectivity index (χ1) is 8.16. The van der Waals surface area contributed by atoms with Crippen molar-refractivity contribution in [2.75, 3.05) is 0 Å². The predicted molar refractivity (Wildman–Crippen MR) is 64.8 cm³/mol. The summed E-state index contributed by atoms with van der Waals surface area (Å²) in [5.74, 6) is -1.94. The number of carbonyl (C=O) groups is 1. The van der Waals surface area contributed by atoms with Crippen LogP contribution in [0, 0.1) is 5.92 Å². The molecule has 1 aromatic rings. The lowest BCUT2D eigenvalue weighted by Crippen LogP contribution is -2.40. The van der Waals surface area contributed by atoms with E-state index in [0.717, 1.165) is 4.68 Å². The zero-order chi connectivity index (χ0) is 14.1. The lowest BCUT2D eigenvalue weighted by molar-refractivity contribution is -0.141. The Kier molecular flexibility index (Phi) is 4.36. The number of carboxylic acids is 1. The molecule has 0 saturated carbocycles. The normalized spacial score (nSPS) is 15.3. The summed E-state index contributed by atoms with van der Waals surface area (Å²) in [6, 6.07) is -0.765. The summed E-state index contributed by atoms with van der Waals surface area (Å²) in [4.78, 5) is 10.8. The quantitative estimate of drug-likeness (QED) is 0.822. The summed E-state index contributed by atoms with van der Waals surface area (Å²) in [6.45, 7) is 2.89. The van der Waals surface area contributed by atoms with Gasteiger partial charge >= 0.3 is 5.97 Å². The van der Waals surface area contributed by atoms with Crippen molar-refractivity contribution in [3.63, 3.8) is 0 Å². The molecule has 2 unspecified atom stereocenters. The molecule has 7 nitrogen and oxygen atoms in total. The van der Waals surface area contributed by atoms with Gasteiger partial charge in [0.25, 0.3) is 10.0 Å². The summed E-state index contributed by atoms with van der Waals surface area (Å²) in [5, 5.41) is 12.3. The number of aromatic nitrogens is 2. The van der Waals surface area contributed by atoms with E-state index in [4.69, 9.17) is 16.7 Å². The second-order valence-electron chi connectivity index (χ2n) is 3.96. The van der Waals surface area contributed by atoms with Crippen molar-refractivity contribution in [2.24, 2.45) is 13.0 Å². The van der Waals surface area contributed by atoms with Gasteiger partial charge in [0.05, 0.1) is 17.1 Å². The number of rotatable bonds is 5. The molecular formula is C9H14ClN3O4S. The average molecular weight is 296 g/mol. The molecule has 0 fully saturated rings. The third-order valence-corrected chi connectivity index (χ3v) is 4.64. The van der Waals surface area contributed by atoms with E-state index in [-0.39, 0.29) is 10.0 Å². The van der Waals surface area contributed by atoms with Crippen molar-refractivity contribution < 1.29 is 18.3 Å².